The monoisotopic (exact) mass is 228 g/mol. The lowest BCUT2D eigenvalue weighted by molar-refractivity contribution is -0.119. The maximum Gasteiger partial charge on any atom is 0.152 e. The van der Waals surface area contributed by atoms with Crippen LogP contribution in [0.2, 0.25) is 0 Å². The van der Waals surface area contributed by atoms with Crippen LogP contribution in [0.5, 0.6) is 0 Å². The molecule has 1 aliphatic heterocycles. The van der Waals surface area contributed by atoms with Gasteiger partial charge in [-0.1, -0.05) is 12.1 Å². The second-order valence-corrected chi connectivity index (χ2v) is 5.07. The van der Waals surface area contributed by atoms with Crippen LogP contribution < -0.4 is 4.90 Å². The number of piperidine rings is 1. The van der Waals surface area contributed by atoms with E-state index in [2.05, 4.69) is 24.8 Å². The van der Waals surface area contributed by atoms with Crippen molar-refractivity contribution in [2.75, 3.05) is 11.4 Å². The minimum Gasteiger partial charge on any atom is -0.358 e. The summed E-state index contributed by atoms with van der Waals surface area (Å²) >= 11 is 0. The van der Waals surface area contributed by atoms with E-state index in [4.69, 9.17) is 5.26 Å². The van der Waals surface area contributed by atoms with Gasteiger partial charge < -0.3 is 4.90 Å². The van der Waals surface area contributed by atoms with Gasteiger partial charge in [0, 0.05) is 12.0 Å². The SMILES string of the molecule is CC1(C)CCC(=O)CN1c1ccccc1C#N. The normalized spacial score (nSPS) is 18.9. The van der Waals surface area contributed by atoms with E-state index in [0.717, 1.165) is 12.1 Å². The quantitative estimate of drug-likeness (QED) is 0.741. The number of ketones is 1. The molecule has 1 saturated heterocycles. The third kappa shape index (κ3) is 2.16. The number of nitriles is 1. The van der Waals surface area contributed by atoms with E-state index in [1.165, 1.54) is 0 Å². The zero-order valence-electron chi connectivity index (χ0n) is 10.2. The van der Waals surface area contributed by atoms with Crippen LogP contribution in [0.3, 0.4) is 0 Å². The van der Waals surface area contributed by atoms with E-state index >= 15 is 0 Å². The molecule has 0 N–H and O–H groups in total. The minimum atomic E-state index is -0.0686. The summed E-state index contributed by atoms with van der Waals surface area (Å²) in [6.07, 6.45) is 1.48. The summed E-state index contributed by atoms with van der Waals surface area (Å²) in [4.78, 5) is 13.7. The Balaban J connectivity index is 2.44. The Morgan fingerprint density at radius 1 is 1.35 bits per heavy atom. The summed E-state index contributed by atoms with van der Waals surface area (Å²) < 4.78 is 0. The van der Waals surface area contributed by atoms with E-state index in [0.29, 0.717) is 18.5 Å². The van der Waals surface area contributed by atoms with Crippen molar-refractivity contribution in [3.05, 3.63) is 29.8 Å². The molecule has 1 aromatic carbocycles. The van der Waals surface area contributed by atoms with Gasteiger partial charge in [-0.05, 0) is 32.4 Å². The lowest BCUT2D eigenvalue weighted by Gasteiger charge is -2.43. The predicted octanol–water partition coefficient (Wildman–Crippen LogP) is 2.51. The van der Waals surface area contributed by atoms with Gasteiger partial charge in [-0.25, -0.2) is 0 Å². The zero-order chi connectivity index (χ0) is 12.5. The van der Waals surface area contributed by atoms with Crippen molar-refractivity contribution in [2.24, 2.45) is 0 Å². The largest absolute Gasteiger partial charge is 0.358 e. The van der Waals surface area contributed by atoms with Crippen LogP contribution in [0.25, 0.3) is 0 Å². The molecule has 17 heavy (non-hydrogen) atoms. The molecule has 0 atom stereocenters. The summed E-state index contributed by atoms with van der Waals surface area (Å²) in [6.45, 7) is 4.65. The fraction of sp³-hybridized carbons (Fsp3) is 0.429. The molecular formula is C14H16N2O. The van der Waals surface area contributed by atoms with Crippen molar-refractivity contribution < 1.29 is 4.79 Å². The molecule has 1 fully saturated rings. The van der Waals surface area contributed by atoms with Crippen molar-refractivity contribution in [1.29, 1.82) is 5.26 Å². The van der Waals surface area contributed by atoms with Crippen LogP contribution in [-0.4, -0.2) is 17.9 Å². The molecule has 0 spiro atoms. The molecular weight excluding hydrogens is 212 g/mol. The van der Waals surface area contributed by atoms with Gasteiger partial charge in [-0.3, -0.25) is 4.79 Å². The summed E-state index contributed by atoms with van der Waals surface area (Å²) in [5.74, 6) is 0.247. The maximum absolute atomic E-state index is 11.6. The number of anilines is 1. The first kappa shape index (κ1) is 11.7. The first-order valence-electron chi connectivity index (χ1n) is 5.83. The second kappa shape index (κ2) is 4.21. The average Bonchev–Trinajstić information content (AvgIpc) is 2.32. The summed E-state index contributed by atoms with van der Waals surface area (Å²) in [5.41, 5.74) is 1.43. The average molecular weight is 228 g/mol. The van der Waals surface area contributed by atoms with Crippen LogP contribution in [0.15, 0.2) is 24.3 Å². The van der Waals surface area contributed by atoms with Crippen molar-refractivity contribution in [3.63, 3.8) is 0 Å². The summed E-state index contributed by atoms with van der Waals surface area (Å²) in [6, 6.07) is 9.66. The van der Waals surface area contributed by atoms with Crippen molar-refractivity contribution >= 4 is 11.5 Å². The zero-order valence-corrected chi connectivity index (χ0v) is 10.2. The fourth-order valence-electron chi connectivity index (χ4n) is 2.26. The lowest BCUT2D eigenvalue weighted by atomic mass is 9.88. The fourth-order valence-corrected chi connectivity index (χ4v) is 2.26. The first-order chi connectivity index (χ1) is 8.04. The molecule has 3 nitrogen and oxygen atoms in total. The van der Waals surface area contributed by atoms with Crippen LogP contribution in [0.1, 0.15) is 32.3 Å². The molecule has 0 radical (unpaired) electrons. The van der Waals surface area contributed by atoms with Crippen molar-refractivity contribution in [3.8, 4) is 6.07 Å². The van der Waals surface area contributed by atoms with Gasteiger partial charge in [0.25, 0.3) is 0 Å². The minimum absolute atomic E-state index is 0.0686. The van der Waals surface area contributed by atoms with Gasteiger partial charge in [0.2, 0.25) is 0 Å². The number of hydrogen-bond acceptors (Lipinski definition) is 3. The highest BCUT2D eigenvalue weighted by molar-refractivity contribution is 5.86. The van der Waals surface area contributed by atoms with Gasteiger partial charge in [0.1, 0.15) is 6.07 Å². The highest BCUT2D eigenvalue weighted by atomic mass is 16.1. The van der Waals surface area contributed by atoms with Gasteiger partial charge >= 0.3 is 0 Å². The number of Topliss-reactive ketones (excluding diaryl/α,β-unsaturated/α-hetero) is 1. The van der Waals surface area contributed by atoms with Crippen molar-refractivity contribution in [1.82, 2.24) is 0 Å². The van der Waals surface area contributed by atoms with E-state index in [-0.39, 0.29) is 11.3 Å². The summed E-state index contributed by atoms with van der Waals surface area (Å²) in [5, 5.41) is 9.12. The first-order valence-corrected chi connectivity index (χ1v) is 5.83. The number of para-hydroxylation sites is 1. The highest BCUT2D eigenvalue weighted by Gasteiger charge is 2.34. The third-order valence-electron chi connectivity index (χ3n) is 3.40. The van der Waals surface area contributed by atoms with Gasteiger partial charge in [0.15, 0.2) is 5.78 Å². The molecule has 0 amide bonds. The Labute approximate surface area is 102 Å². The molecule has 3 heteroatoms. The predicted molar refractivity (Wildman–Crippen MR) is 66.8 cm³/mol. The number of nitrogens with zero attached hydrogens (tertiary/aromatic N) is 2. The Bertz CT molecular complexity index is 485. The second-order valence-electron chi connectivity index (χ2n) is 5.07. The Morgan fingerprint density at radius 2 is 2.06 bits per heavy atom. The number of carbonyl (C=O) groups excluding carboxylic acids is 1. The van der Waals surface area contributed by atoms with E-state index < -0.39 is 0 Å². The molecule has 0 aliphatic carbocycles. The Hall–Kier alpha value is -1.82. The van der Waals surface area contributed by atoms with E-state index in [1.807, 2.05) is 18.2 Å². The molecule has 1 aromatic rings. The summed E-state index contributed by atoms with van der Waals surface area (Å²) in [7, 11) is 0. The van der Waals surface area contributed by atoms with Gasteiger partial charge in [-0.15, -0.1) is 0 Å². The number of benzene rings is 1. The molecule has 1 aliphatic rings. The molecule has 0 bridgehead atoms. The van der Waals surface area contributed by atoms with Crippen molar-refractivity contribution in [2.45, 2.75) is 32.2 Å². The van der Waals surface area contributed by atoms with Crippen LogP contribution in [0.4, 0.5) is 5.69 Å². The van der Waals surface area contributed by atoms with Crippen LogP contribution >= 0.6 is 0 Å². The molecule has 2 rings (SSSR count). The van der Waals surface area contributed by atoms with Gasteiger partial charge in [0.05, 0.1) is 17.8 Å². The standard InChI is InChI=1S/C14H16N2O/c1-14(2)8-7-12(17)10-16(14)13-6-4-3-5-11(13)9-15/h3-6H,7-8,10H2,1-2H3. The molecule has 0 aromatic heterocycles. The highest BCUT2D eigenvalue weighted by Crippen LogP contribution is 2.33. The third-order valence-corrected chi connectivity index (χ3v) is 3.40. The topological polar surface area (TPSA) is 44.1 Å². The number of carbonyl (C=O) groups is 1. The smallest absolute Gasteiger partial charge is 0.152 e. The molecule has 88 valence electrons. The van der Waals surface area contributed by atoms with Gasteiger partial charge in [-0.2, -0.15) is 5.26 Å². The van der Waals surface area contributed by atoms with E-state index in [1.54, 1.807) is 6.07 Å². The number of hydrogen-bond donors (Lipinski definition) is 0. The van der Waals surface area contributed by atoms with E-state index in [9.17, 15) is 4.79 Å². The molecule has 1 heterocycles. The maximum atomic E-state index is 11.6. The molecule has 0 saturated carbocycles. The Kier molecular flexibility index (Phi) is 2.89. The Morgan fingerprint density at radius 3 is 2.76 bits per heavy atom. The van der Waals surface area contributed by atoms with Crippen LogP contribution in [-0.2, 0) is 4.79 Å². The molecule has 0 unspecified atom stereocenters. The van der Waals surface area contributed by atoms with Crippen LogP contribution in [0, 0.1) is 11.3 Å². The lowest BCUT2D eigenvalue weighted by Crippen LogP contribution is -2.51. The number of rotatable bonds is 1.